The molecule has 0 radical (unpaired) electrons. The topological polar surface area (TPSA) is 57.7 Å². The van der Waals surface area contributed by atoms with Crippen LogP contribution in [-0.4, -0.2) is 66.8 Å². The minimum atomic E-state index is -2.92. The molecule has 0 aromatic rings. The standard InChI is InChI=1S/C19H32N2O3S/c1-14-2-6-16(7-3-14)21(17-8-9-17)19(22)12-20-10-11-25(23,24)13-18(20)15-4-5-15/h14-18H,2-13H2,1H3. The SMILES string of the molecule is CC1CCC(N(C(=O)CN2CCS(=O)(=O)CC2C2CC2)C2CC2)CC1. The number of carbonyl (C=O) groups excluding carboxylic acids is 1. The van der Waals surface area contributed by atoms with E-state index in [0.717, 1.165) is 44.4 Å². The van der Waals surface area contributed by atoms with Crippen molar-refractivity contribution in [1.82, 2.24) is 9.80 Å². The normalized spacial score (nSPS) is 36.1. The first kappa shape index (κ1) is 17.8. The van der Waals surface area contributed by atoms with Crippen molar-refractivity contribution < 1.29 is 13.2 Å². The minimum Gasteiger partial charge on any atom is -0.336 e. The Hall–Kier alpha value is -0.620. The maximum atomic E-state index is 13.2. The van der Waals surface area contributed by atoms with E-state index in [0.29, 0.717) is 31.1 Å². The molecule has 0 N–H and O–H groups in total. The summed E-state index contributed by atoms with van der Waals surface area (Å²) >= 11 is 0. The highest BCUT2D eigenvalue weighted by atomic mass is 32.2. The van der Waals surface area contributed by atoms with Gasteiger partial charge in [-0.1, -0.05) is 6.92 Å². The number of rotatable bonds is 5. The molecule has 4 fully saturated rings. The molecule has 3 aliphatic carbocycles. The molecular weight excluding hydrogens is 336 g/mol. The van der Waals surface area contributed by atoms with Gasteiger partial charge in [-0.05, 0) is 63.2 Å². The molecule has 0 aromatic carbocycles. The van der Waals surface area contributed by atoms with Crippen LogP contribution >= 0.6 is 0 Å². The highest BCUT2D eigenvalue weighted by Crippen LogP contribution is 2.38. The van der Waals surface area contributed by atoms with E-state index in [-0.39, 0.29) is 23.5 Å². The van der Waals surface area contributed by atoms with Gasteiger partial charge in [-0.25, -0.2) is 8.42 Å². The van der Waals surface area contributed by atoms with Crippen molar-refractivity contribution in [1.29, 1.82) is 0 Å². The maximum absolute atomic E-state index is 13.2. The minimum absolute atomic E-state index is 0.0788. The molecule has 3 saturated carbocycles. The second-order valence-corrected chi connectivity index (χ2v) is 11.2. The molecule has 0 bridgehead atoms. The lowest BCUT2D eigenvalue weighted by molar-refractivity contribution is -0.137. The van der Waals surface area contributed by atoms with Crippen molar-refractivity contribution in [3.63, 3.8) is 0 Å². The Morgan fingerprint density at radius 1 is 1.00 bits per heavy atom. The van der Waals surface area contributed by atoms with E-state index in [1.54, 1.807) is 0 Å². The zero-order valence-electron chi connectivity index (χ0n) is 15.4. The van der Waals surface area contributed by atoms with Crippen molar-refractivity contribution in [2.75, 3.05) is 24.6 Å². The monoisotopic (exact) mass is 368 g/mol. The first-order chi connectivity index (χ1) is 11.9. The lowest BCUT2D eigenvalue weighted by atomic mass is 9.86. The Balaban J connectivity index is 1.42. The van der Waals surface area contributed by atoms with Crippen molar-refractivity contribution in [3.8, 4) is 0 Å². The molecule has 0 aromatic heterocycles. The summed E-state index contributed by atoms with van der Waals surface area (Å²) in [5.41, 5.74) is 0. The first-order valence-corrected chi connectivity index (χ1v) is 12.0. The molecule has 1 saturated heterocycles. The first-order valence-electron chi connectivity index (χ1n) is 10.2. The van der Waals surface area contributed by atoms with E-state index in [1.807, 2.05) is 0 Å². The van der Waals surface area contributed by atoms with Gasteiger partial charge in [0, 0.05) is 24.7 Å². The molecule has 25 heavy (non-hydrogen) atoms. The average Bonchev–Trinajstić information content (AvgIpc) is 3.44. The number of sulfone groups is 1. The predicted octanol–water partition coefficient (Wildman–Crippen LogP) is 2.07. The summed E-state index contributed by atoms with van der Waals surface area (Å²) in [7, 11) is -2.92. The van der Waals surface area contributed by atoms with Gasteiger partial charge in [0.1, 0.15) is 0 Å². The van der Waals surface area contributed by atoms with Crippen LogP contribution in [0.3, 0.4) is 0 Å². The fraction of sp³-hybridized carbons (Fsp3) is 0.947. The Morgan fingerprint density at radius 2 is 1.60 bits per heavy atom. The molecule has 5 nitrogen and oxygen atoms in total. The summed E-state index contributed by atoms with van der Waals surface area (Å²) in [5, 5.41) is 0. The highest BCUT2D eigenvalue weighted by Gasteiger charge is 2.44. The van der Waals surface area contributed by atoms with Crippen LogP contribution in [0.5, 0.6) is 0 Å². The van der Waals surface area contributed by atoms with Crippen LogP contribution in [0.15, 0.2) is 0 Å². The average molecular weight is 369 g/mol. The van der Waals surface area contributed by atoms with Crippen LogP contribution in [0.25, 0.3) is 0 Å². The molecule has 1 atom stereocenters. The number of amides is 1. The van der Waals surface area contributed by atoms with Gasteiger partial charge in [-0.2, -0.15) is 0 Å². The van der Waals surface area contributed by atoms with E-state index < -0.39 is 9.84 Å². The van der Waals surface area contributed by atoms with Crippen molar-refractivity contribution in [2.24, 2.45) is 11.8 Å². The van der Waals surface area contributed by atoms with Crippen LogP contribution in [-0.2, 0) is 14.6 Å². The molecule has 0 spiro atoms. The van der Waals surface area contributed by atoms with Crippen molar-refractivity contribution in [3.05, 3.63) is 0 Å². The highest BCUT2D eigenvalue weighted by molar-refractivity contribution is 7.91. The van der Waals surface area contributed by atoms with E-state index in [9.17, 15) is 13.2 Å². The number of nitrogens with zero attached hydrogens (tertiary/aromatic N) is 2. The smallest absolute Gasteiger partial charge is 0.237 e. The fourth-order valence-corrected chi connectivity index (χ4v) is 6.50. The third-order valence-electron chi connectivity index (χ3n) is 6.69. The van der Waals surface area contributed by atoms with Gasteiger partial charge in [0.05, 0.1) is 18.1 Å². The van der Waals surface area contributed by atoms with E-state index in [4.69, 9.17) is 0 Å². The zero-order valence-corrected chi connectivity index (χ0v) is 16.2. The number of hydrogen-bond donors (Lipinski definition) is 0. The van der Waals surface area contributed by atoms with Crippen LogP contribution in [0, 0.1) is 11.8 Å². The molecular formula is C19H32N2O3S. The largest absolute Gasteiger partial charge is 0.336 e. The molecule has 6 heteroatoms. The number of hydrogen-bond acceptors (Lipinski definition) is 4. The summed E-state index contributed by atoms with van der Waals surface area (Å²) in [4.78, 5) is 17.6. The summed E-state index contributed by atoms with van der Waals surface area (Å²) in [6, 6.07) is 0.957. The second kappa shape index (κ2) is 6.84. The second-order valence-electron chi connectivity index (χ2n) is 8.94. The molecule has 1 unspecified atom stereocenters. The zero-order chi connectivity index (χ0) is 17.6. The predicted molar refractivity (Wildman–Crippen MR) is 98.0 cm³/mol. The van der Waals surface area contributed by atoms with Gasteiger partial charge in [-0.3, -0.25) is 9.69 Å². The third kappa shape index (κ3) is 4.21. The van der Waals surface area contributed by atoms with Gasteiger partial charge >= 0.3 is 0 Å². The van der Waals surface area contributed by atoms with Crippen LogP contribution in [0.1, 0.15) is 58.3 Å². The van der Waals surface area contributed by atoms with E-state index >= 15 is 0 Å². The summed E-state index contributed by atoms with van der Waals surface area (Å²) in [6.45, 7) is 3.28. The van der Waals surface area contributed by atoms with Crippen molar-refractivity contribution in [2.45, 2.75) is 76.4 Å². The molecule has 1 heterocycles. The fourth-order valence-electron chi connectivity index (χ4n) is 4.82. The van der Waals surface area contributed by atoms with Gasteiger partial charge in [0.15, 0.2) is 9.84 Å². The van der Waals surface area contributed by atoms with E-state index in [1.165, 1.54) is 12.8 Å². The Bertz CT molecular complexity index is 604. The van der Waals surface area contributed by atoms with Gasteiger partial charge in [-0.15, -0.1) is 0 Å². The molecule has 4 aliphatic rings. The Labute approximate surface area is 152 Å². The lowest BCUT2D eigenvalue weighted by Gasteiger charge is -2.40. The van der Waals surface area contributed by atoms with Crippen molar-refractivity contribution >= 4 is 15.7 Å². The van der Waals surface area contributed by atoms with Gasteiger partial charge in [0.2, 0.25) is 5.91 Å². The lowest BCUT2D eigenvalue weighted by Crippen LogP contribution is -2.55. The molecule has 142 valence electrons. The maximum Gasteiger partial charge on any atom is 0.237 e. The summed E-state index contributed by atoms with van der Waals surface area (Å²) in [5.74, 6) is 2.02. The summed E-state index contributed by atoms with van der Waals surface area (Å²) in [6.07, 6.45) is 9.29. The van der Waals surface area contributed by atoms with E-state index in [2.05, 4.69) is 16.7 Å². The van der Waals surface area contributed by atoms with Crippen LogP contribution in [0.4, 0.5) is 0 Å². The van der Waals surface area contributed by atoms with Crippen LogP contribution in [0.2, 0.25) is 0 Å². The molecule has 4 rings (SSSR count). The van der Waals surface area contributed by atoms with Crippen LogP contribution < -0.4 is 0 Å². The van der Waals surface area contributed by atoms with Gasteiger partial charge in [0.25, 0.3) is 0 Å². The van der Waals surface area contributed by atoms with Gasteiger partial charge < -0.3 is 4.90 Å². The molecule has 1 aliphatic heterocycles. The summed E-state index contributed by atoms with van der Waals surface area (Å²) < 4.78 is 24.1. The Morgan fingerprint density at radius 3 is 2.16 bits per heavy atom. The Kier molecular flexibility index (Phi) is 4.86. The quantitative estimate of drug-likeness (QED) is 0.745. The molecule has 1 amide bonds. The third-order valence-corrected chi connectivity index (χ3v) is 8.35. The number of carbonyl (C=O) groups is 1.